The van der Waals surface area contributed by atoms with Crippen LogP contribution in [0.3, 0.4) is 0 Å². The van der Waals surface area contributed by atoms with Crippen molar-refractivity contribution in [2.45, 2.75) is 39.2 Å². The molecule has 1 N–H and O–H groups in total. The molecule has 1 aliphatic heterocycles. The van der Waals surface area contributed by atoms with Crippen LogP contribution in [-0.2, 0) is 9.59 Å². The standard InChI is InChI=1S/C13H24N2O3/c1-4-12(17)15-7-5-6-11(9-15)13(18)14(3)8-10(2)16/h10-11,16H,4-9H2,1-3H3. The van der Waals surface area contributed by atoms with Crippen molar-refractivity contribution >= 4 is 11.8 Å². The van der Waals surface area contributed by atoms with Gasteiger partial charge in [-0.1, -0.05) is 6.92 Å². The monoisotopic (exact) mass is 256 g/mol. The van der Waals surface area contributed by atoms with Crippen molar-refractivity contribution < 1.29 is 14.7 Å². The van der Waals surface area contributed by atoms with Crippen molar-refractivity contribution in [1.29, 1.82) is 0 Å². The molecule has 1 fully saturated rings. The fourth-order valence-electron chi connectivity index (χ4n) is 2.43. The Labute approximate surface area is 109 Å². The Kier molecular flexibility index (Phi) is 5.59. The third-order valence-corrected chi connectivity index (χ3v) is 3.34. The van der Waals surface area contributed by atoms with Gasteiger partial charge in [-0.25, -0.2) is 0 Å². The van der Waals surface area contributed by atoms with E-state index in [9.17, 15) is 14.7 Å². The molecule has 2 unspecified atom stereocenters. The molecule has 1 saturated heterocycles. The molecule has 0 bridgehead atoms. The zero-order chi connectivity index (χ0) is 13.7. The molecule has 1 aliphatic rings. The van der Waals surface area contributed by atoms with Crippen LogP contribution >= 0.6 is 0 Å². The van der Waals surface area contributed by atoms with Gasteiger partial charge in [0.1, 0.15) is 0 Å². The van der Waals surface area contributed by atoms with Crippen LogP contribution in [0.1, 0.15) is 33.1 Å². The molecule has 0 spiro atoms. The van der Waals surface area contributed by atoms with E-state index in [0.717, 1.165) is 19.4 Å². The molecule has 2 atom stereocenters. The van der Waals surface area contributed by atoms with Crippen molar-refractivity contribution in [2.24, 2.45) is 5.92 Å². The molecule has 0 saturated carbocycles. The number of hydrogen-bond acceptors (Lipinski definition) is 3. The predicted octanol–water partition coefficient (Wildman–Crippen LogP) is 0.474. The van der Waals surface area contributed by atoms with E-state index in [1.54, 1.807) is 23.8 Å². The number of aliphatic hydroxyl groups excluding tert-OH is 1. The minimum atomic E-state index is -0.518. The molecule has 0 aromatic heterocycles. The average Bonchev–Trinajstić information content (AvgIpc) is 2.36. The van der Waals surface area contributed by atoms with Crippen molar-refractivity contribution in [3.05, 3.63) is 0 Å². The first kappa shape index (κ1) is 15.0. The summed E-state index contributed by atoms with van der Waals surface area (Å²) in [5.41, 5.74) is 0. The van der Waals surface area contributed by atoms with E-state index in [1.807, 2.05) is 6.92 Å². The topological polar surface area (TPSA) is 60.9 Å². The summed E-state index contributed by atoms with van der Waals surface area (Å²) in [4.78, 5) is 27.2. The number of rotatable bonds is 4. The third kappa shape index (κ3) is 3.98. The molecule has 0 radical (unpaired) electrons. The zero-order valence-electron chi connectivity index (χ0n) is 11.6. The molecule has 2 amide bonds. The molecule has 5 heteroatoms. The smallest absolute Gasteiger partial charge is 0.227 e. The van der Waals surface area contributed by atoms with Gasteiger partial charge in [0.2, 0.25) is 11.8 Å². The summed E-state index contributed by atoms with van der Waals surface area (Å²) >= 11 is 0. The number of amides is 2. The number of piperidine rings is 1. The Balaban J connectivity index is 2.55. The molecule has 5 nitrogen and oxygen atoms in total. The van der Waals surface area contributed by atoms with Gasteiger partial charge in [-0.15, -0.1) is 0 Å². The van der Waals surface area contributed by atoms with Crippen molar-refractivity contribution in [1.82, 2.24) is 9.80 Å². The predicted molar refractivity (Wildman–Crippen MR) is 68.9 cm³/mol. The van der Waals surface area contributed by atoms with Gasteiger partial charge in [0.15, 0.2) is 0 Å². The molecular formula is C13H24N2O3. The van der Waals surface area contributed by atoms with Gasteiger partial charge >= 0.3 is 0 Å². The SMILES string of the molecule is CCC(=O)N1CCCC(C(=O)N(C)CC(C)O)C1. The highest BCUT2D eigenvalue weighted by Gasteiger charge is 2.29. The fraction of sp³-hybridized carbons (Fsp3) is 0.846. The van der Waals surface area contributed by atoms with E-state index in [2.05, 4.69) is 0 Å². The lowest BCUT2D eigenvalue weighted by molar-refractivity contribution is -0.140. The van der Waals surface area contributed by atoms with Crippen LogP contribution in [0.5, 0.6) is 0 Å². The number of aliphatic hydroxyl groups is 1. The lowest BCUT2D eigenvalue weighted by Gasteiger charge is -2.34. The van der Waals surface area contributed by atoms with E-state index in [1.165, 1.54) is 0 Å². The van der Waals surface area contributed by atoms with E-state index < -0.39 is 6.10 Å². The van der Waals surface area contributed by atoms with Gasteiger partial charge in [0.05, 0.1) is 12.0 Å². The lowest BCUT2D eigenvalue weighted by Crippen LogP contribution is -2.46. The van der Waals surface area contributed by atoms with E-state index >= 15 is 0 Å². The Morgan fingerprint density at radius 3 is 2.72 bits per heavy atom. The first-order chi connectivity index (χ1) is 8.45. The molecule has 0 aliphatic carbocycles. The van der Waals surface area contributed by atoms with Gasteiger partial charge < -0.3 is 14.9 Å². The molecule has 18 heavy (non-hydrogen) atoms. The number of likely N-dealkylation sites (tertiary alicyclic amines) is 1. The lowest BCUT2D eigenvalue weighted by atomic mass is 9.96. The largest absolute Gasteiger partial charge is 0.392 e. The number of carbonyl (C=O) groups is 2. The highest BCUT2D eigenvalue weighted by molar-refractivity contribution is 5.81. The van der Waals surface area contributed by atoms with Gasteiger partial charge in [-0.05, 0) is 19.8 Å². The van der Waals surface area contributed by atoms with Crippen molar-refractivity contribution in [3.63, 3.8) is 0 Å². The van der Waals surface area contributed by atoms with E-state index in [4.69, 9.17) is 0 Å². The summed E-state index contributed by atoms with van der Waals surface area (Å²) in [5.74, 6) is 0.0354. The summed E-state index contributed by atoms with van der Waals surface area (Å²) in [6.45, 7) is 5.13. The Hall–Kier alpha value is -1.10. The van der Waals surface area contributed by atoms with Crippen LogP contribution < -0.4 is 0 Å². The number of carbonyl (C=O) groups excluding carboxylic acids is 2. The summed E-state index contributed by atoms with van der Waals surface area (Å²) in [6, 6.07) is 0. The summed E-state index contributed by atoms with van der Waals surface area (Å²) < 4.78 is 0. The van der Waals surface area contributed by atoms with Crippen LogP contribution in [0.25, 0.3) is 0 Å². The fourth-order valence-corrected chi connectivity index (χ4v) is 2.43. The first-order valence-corrected chi connectivity index (χ1v) is 6.66. The van der Waals surface area contributed by atoms with E-state index in [-0.39, 0.29) is 17.7 Å². The number of nitrogens with zero attached hydrogens (tertiary/aromatic N) is 2. The zero-order valence-corrected chi connectivity index (χ0v) is 11.6. The second-order valence-corrected chi connectivity index (χ2v) is 5.10. The second-order valence-electron chi connectivity index (χ2n) is 5.10. The van der Waals surface area contributed by atoms with Crippen LogP contribution in [0.15, 0.2) is 0 Å². The summed E-state index contributed by atoms with van der Waals surface area (Å²) in [7, 11) is 1.70. The quantitative estimate of drug-likeness (QED) is 0.795. The van der Waals surface area contributed by atoms with Crippen LogP contribution in [-0.4, -0.2) is 59.5 Å². The maximum absolute atomic E-state index is 12.2. The van der Waals surface area contributed by atoms with Crippen LogP contribution in [0.4, 0.5) is 0 Å². The Morgan fingerprint density at radius 1 is 1.50 bits per heavy atom. The van der Waals surface area contributed by atoms with Crippen molar-refractivity contribution in [3.8, 4) is 0 Å². The number of hydrogen-bond donors (Lipinski definition) is 1. The highest BCUT2D eigenvalue weighted by Crippen LogP contribution is 2.19. The second kappa shape index (κ2) is 6.73. The molecule has 0 aromatic rings. The minimum absolute atomic E-state index is 0.0319. The highest BCUT2D eigenvalue weighted by atomic mass is 16.3. The summed E-state index contributed by atoms with van der Waals surface area (Å²) in [6.07, 6.45) is 1.68. The van der Waals surface area contributed by atoms with Crippen LogP contribution in [0.2, 0.25) is 0 Å². The maximum Gasteiger partial charge on any atom is 0.227 e. The molecule has 0 aromatic carbocycles. The first-order valence-electron chi connectivity index (χ1n) is 6.66. The van der Waals surface area contributed by atoms with Gasteiger partial charge in [0.25, 0.3) is 0 Å². The van der Waals surface area contributed by atoms with Crippen molar-refractivity contribution in [2.75, 3.05) is 26.7 Å². The van der Waals surface area contributed by atoms with Crippen LogP contribution in [0, 0.1) is 5.92 Å². The normalized spacial score (nSPS) is 21.6. The maximum atomic E-state index is 12.2. The summed E-state index contributed by atoms with van der Waals surface area (Å²) in [5, 5.41) is 9.29. The molecular weight excluding hydrogens is 232 g/mol. The van der Waals surface area contributed by atoms with Gasteiger partial charge in [-0.2, -0.15) is 0 Å². The van der Waals surface area contributed by atoms with E-state index in [0.29, 0.717) is 19.5 Å². The Bertz CT molecular complexity index is 305. The Morgan fingerprint density at radius 2 is 2.17 bits per heavy atom. The molecule has 1 rings (SSSR count). The molecule has 104 valence electrons. The van der Waals surface area contributed by atoms with Gasteiger partial charge in [0, 0.05) is 33.1 Å². The van der Waals surface area contributed by atoms with Gasteiger partial charge in [-0.3, -0.25) is 9.59 Å². The third-order valence-electron chi connectivity index (χ3n) is 3.34. The molecule has 1 heterocycles. The number of likely N-dealkylation sites (N-methyl/N-ethyl adjacent to an activating group) is 1. The average molecular weight is 256 g/mol. The minimum Gasteiger partial charge on any atom is -0.392 e.